The molecule has 2 aromatic carbocycles. The van der Waals surface area contributed by atoms with Gasteiger partial charge in [-0.2, -0.15) is 0 Å². The predicted molar refractivity (Wildman–Crippen MR) is 157 cm³/mol. The molecule has 1 fully saturated rings. The smallest absolute Gasteiger partial charge is 0.226 e. The second-order valence-corrected chi connectivity index (χ2v) is 10.3. The van der Waals surface area contributed by atoms with Gasteiger partial charge in [0, 0.05) is 47.5 Å². The highest BCUT2D eigenvalue weighted by molar-refractivity contribution is 7.80. The number of carbonyl (C=O) groups is 1. The van der Waals surface area contributed by atoms with Crippen LogP contribution in [0.15, 0.2) is 79.0 Å². The number of hydrogen-bond acceptors (Lipinski definition) is 3. The average Bonchev–Trinajstić information content (AvgIpc) is 3.35. The molecular weight excluding hydrogens is 490 g/mol. The Morgan fingerprint density at radius 2 is 1.74 bits per heavy atom. The summed E-state index contributed by atoms with van der Waals surface area (Å²) < 4.78 is 2.31. The molecule has 2 atom stereocenters. The number of para-hydroxylation sites is 1. The summed E-state index contributed by atoms with van der Waals surface area (Å²) in [6.07, 6.45) is 2.13. The largest absolute Gasteiger partial charge is 0.352 e. The van der Waals surface area contributed by atoms with Gasteiger partial charge in [0.05, 0.1) is 17.8 Å². The van der Waals surface area contributed by atoms with E-state index < -0.39 is 0 Å². The number of rotatable bonds is 7. The van der Waals surface area contributed by atoms with Crippen molar-refractivity contribution >= 4 is 28.9 Å². The first-order valence-corrected chi connectivity index (χ1v) is 13.3. The van der Waals surface area contributed by atoms with Crippen LogP contribution in [0.5, 0.6) is 0 Å². The molecule has 0 saturated carbocycles. The third kappa shape index (κ3) is 4.94. The number of carbonyl (C=O) groups excluding carboxylic acids is 1. The topological polar surface area (TPSA) is 62.2 Å². The number of hydrogen-bond donors (Lipinski definition) is 2. The minimum absolute atomic E-state index is 0.0371. The molecule has 0 radical (unpaired) electrons. The molecule has 3 heterocycles. The second-order valence-electron chi connectivity index (χ2n) is 9.87. The molecule has 0 bridgehead atoms. The molecule has 7 heteroatoms. The first-order valence-electron chi connectivity index (χ1n) is 12.9. The van der Waals surface area contributed by atoms with Crippen LogP contribution >= 0.6 is 12.2 Å². The molecule has 1 amide bonds. The van der Waals surface area contributed by atoms with E-state index in [2.05, 4.69) is 70.1 Å². The summed E-state index contributed by atoms with van der Waals surface area (Å²) in [5.74, 6) is -0.0371. The highest BCUT2D eigenvalue weighted by atomic mass is 32.1. The lowest BCUT2D eigenvalue weighted by atomic mass is 9.93. The highest BCUT2D eigenvalue weighted by Crippen LogP contribution is 2.43. The number of thiocarbonyl (C=S) groups is 1. The Balaban J connectivity index is 1.50. The van der Waals surface area contributed by atoms with Crippen molar-refractivity contribution in [2.24, 2.45) is 0 Å². The van der Waals surface area contributed by atoms with E-state index >= 15 is 0 Å². The Bertz CT molecular complexity index is 1460. The molecule has 0 spiro atoms. The maximum Gasteiger partial charge on any atom is 0.226 e. The molecular formula is C31H33N5OS. The van der Waals surface area contributed by atoms with Gasteiger partial charge in [0.25, 0.3) is 0 Å². The van der Waals surface area contributed by atoms with Gasteiger partial charge in [0.1, 0.15) is 0 Å². The number of nitrogens with one attached hydrogen (secondary N) is 2. The highest BCUT2D eigenvalue weighted by Gasteiger charge is 2.42. The molecule has 1 saturated heterocycles. The zero-order valence-corrected chi connectivity index (χ0v) is 23.0. The Labute approximate surface area is 229 Å². The molecule has 2 N–H and O–H groups in total. The summed E-state index contributed by atoms with van der Waals surface area (Å²) in [7, 11) is 0. The van der Waals surface area contributed by atoms with E-state index in [1.54, 1.807) is 0 Å². The summed E-state index contributed by atoms with van der Waals surface area (Å²) in [6, 6.07) is 24.0. The zero-order chi connectivity index (χ0) is 26.8. The first kappa shape index (κ1) is 25.7. The fourth-order valence-electron chi connectivity index (χ4n) is 5.53. The molecule has 38 heavy (non-hydrogen) atoms. The molecule has 1 aliphatic heterocycles. The average molecular weight is 524 g/mol. The normalized spacial score (nSPS) is 16.9. The van der Waals surface area contributed by atoms with Crippen LogP contribution in [-0.2, 0) is 4.79 Å². The predicted octanol–water partition coefficient (Wildman–Crippen LogP) is 6.11. The minimum atomic E-state index is -0.132. The van der Waals surface area contributed by atoms with Crippen LogP contribution < -0.4 is 10.6 Å². The van der Waals surface area contributed by atoms with Crippen LogP contribution in [0, 0.1) is 27.7 Å². The summed E-state index contributed by atoms with van der Waals surface area (Å²) in [5, 5.41) is 7.19. The van der Waals surface area contributed by atoms with Crippen molar-refractivity contribution in [1.29, 1.82) is 0 Å². The molecule has 1 aliphatic rings. The number of amides is 1. The van der Waals surface area contributed by atoms with E-state index in [1.165, 1.54) is 16.8 Å². The van der Waals surface area contributed by atoms with E-state index in [0.29, 0.717) is 18.1 Å². The SMILES string of the molecule is Cc1cccc(NC(=O)CCN2C(=S)N[C@@H](c3ccccn3)[C@@H]2c2c(C)c(C)n(-c3ccccc3)c2C)c1. The maximum atomic E-state index is 12.9. The fourth-order valence-corrected chi connectivity index (χ4v) is 5.87. The summed E-state index contributed by atoms with van der Waals surface area (Å²) in [6.45, 7) is 9.01. The Morgan fingerprint density at radius 3 is 2.45 bits per heavy atom. The van der Waals surface area contributed by atoms with E-state index in [9.17, 15) is 4.79 Å². The van der Waals surface area contributed by atoms with Gasteiger partial charge < -0.3 is 20.1 Å². The lowest BCUT2D eigenvalue weighted by Gasteiger charge is -2.29. The number of anilines is 1. The number of benzene rings is 2. The van der Waals surface area contributed by atoms with E-state index in [0.717, 1.165) is 28.3 Å². The van der Waals surface area contributed by atoms with E-state index in [-0.39, 0.29) is 18.0 Å². The van der Waals surface area contributed by atoms with Crippen LogP contribution in [0.25, 0.3) is 5.69 Å². The quantitative estimate of drug-likeness (QED) is 0.286. The maximum absolute atomic E-state index is 12.9. The number of aryl methyl sites for hydroxylation is 1. The Morgan fingerprint density at radius 1 is 0.974 bits per heavy atom. The second kappa shape index (κ2) is 10.8. The van der Waals surface area contributed by atoms with Gasteiger partial charge in [-0.25, -0.2) is 0 Å². The number of aromatic nitrogens is 2. The molecule has 6 nitrogen and oxygen atoms in total. The molecule has 0 aliphatic carbocycles. The van der Waals surface area contributed by atoms with Gasteiger partial charge in [-0.1, -0.05) is 36.4 Å². The lowest BCUT2D eigenvalue weighted by molar-refractivity contribution is -0.116. The minimum Gasteiger partial charge on any atom is -0.352 e. The summed E-state index contributed by atoms with van der Waals surface area (Å²) >= 11 is 5.86. The van der Waals surface area contributed by atoms with Gasteiger partial charge in [-0.3, -0.25) is 9.78 Å². The Hall–Kier alpha value is -3.97. The van der Waals surface area contributed by atoms with Crippen molar-refractivity contribution < 1.29 is 4.79 Å². The van der Waals surface area contributed by atoms with Crippen molar-refractivity contribution in [2.75, 3.05) is 11.9 Å². The third-order valence-corrected chi connectivity index (χ3v) is 7.75. The summed E-state index contributed by atoms with van der Waals surface area (Å²) in [5.41, 5.74) is 8.76. The van der Waals surface area contributed by atoms with Crippen molar-refractivity contribution in [1.82, 2.24) is 19.8 Å². The zero-order valence-electron chi connectivity index (χ0n) is 22.2. The van der Waals surface area contributed by atoms with Crippen LogP contribution in [0.3, 0.4) is 0 Å². The van der Waals surface area contributed by atoms with Crippen molar-refractivity contribution in [3.8, 4) is 5.69 Å². The standard InChI is InChI=1S/C31H33N5OS/c1-20-11-10-12-24(19-20)33-27(37)16-18-35-30(29(34-31(35)38)26-15-8-9-17-32-26)28-21(2)22(3)36(23(28)4)25-13-6-5-7-14-25/h5-15,17,19,29-30H,16,18H2,1-4H3,(H,33,37)(H,34,38)/t29-,30-/m0/s1. The molecule has 5 rings (SSSR count). The lowest BCUT2D eigenvalue weighted by Crippen LogP contribution is -2.33. The first-order chi connectivity index (χ1) is 18.3. The van der Waals surface area contributed by atoms with E-state index in [4.69, 9.17) is 12.2 Å². The molecule has 2 aromatic heterocycles. The third-order valence-electron chi connectivity index (χ3n) is 7.40. The van der Waals surface area contributed by atoms with Crippen LogP contribution in [-0.4, -0.2) is 32.0 Å². The van der Waals surface area contributed by atoms with E-state index in [1.807, 2.05) is 61.7 Å². The van der Waals surface area contributed by atoms with Crippen molar-refractivity contribution in [3.63, 3.8) is 0 Å². The van der Waals surface area contributed by atoms with Gasteiger partial charge >= 0.3 is 0 Å². The van der Waals surface area contributed by atoms with Gasteiger partial charge in [0.2, 0.25) is 5.91 Å². The monoisotopic (exact) mass is 523 g/mol. The van der Waals surface area contributed by atoms with Gasteiger partial charge in [0.15, 0.2) is 5.11 Å². The van der Waals surface area contributed by atoms with Crippen LogP contribution in [0.2, 0.25) is 0 Å². The van der Waals surface area contributed by atoms with Crippen molar-refractivity contribution in [2.45, 2.75) is 46.2 Å². The molecule has 4 aromatic rings. The van der Waals surface area contributed by atoms with Gasteiger partial charge in [-0.05, 0) is 87.4 Å². The molecule has 194 valence electrons. The van der Waals surface area contributed by atoms with Crippen LogP contribution in [0.1, 0.15) is 52.3 Å². The summed E-state index contributed by atoms with van der Waals surface area (Å²) in [4.78, 5) is 19.8. The molecule has 0 unspecified atom stereocenters. The van der Waals surface area contributed by atoms with Crippen LogP contribution in [0.4, 0.5) is 5.69 Å². The number of nitrogens with zero attached hydrogens (tertiary/aromatic N) is 3. The Kier molecular flexibility index (Phi) is 7.29. The number of pyridine rings is 1. The fraction of sp³-hybridized carbons (Fsp3) is 0.258. The van der Waals surface area contributed by atoms with Gasteiger partial charge in [-0.15, -0.1) is 0 Å². The van der Waals surface area contributed by atoms with Crippen molar-refractivity contribution in [3.05, 3.63) is 113 Å².